The number of anilines is 1. The maximum absolute atomic E-state index is 13.0. The summed E-state index contributed by atoms with van der Waals surface area (Å²) in [5.74, 6) is -0.543. The minimum Gasteiger partial charge on any atom is -0.324 e. The van der Waals surface area contributed by atoms with Crippen molar-refractivity contribution in [3.05, 3.63) is 46.5 Å². The van der Waals surface area contributed by atoms with Crippen molar-refractivity contribution in [3.8, 4) is 0 Å². The summed E-state index contributed by atoms with van der Waals surface area (Å²) in [6.07, 6.45) is 5.25. The molecule has 28 heavy (non-hydrogen) atoms. The van der Waals surface area contributed by atoms with Crippen LogP contribution in [0.5, 0.6) is 0 Å². The molecular weight excluding hydrogens is 362 g/mol. The Kier molecular flexibility index (Phi) is 3.50. The third kappa shape index (κ3) is 2.26. The summed E-state index contributed by atoms with van der Waals surface area (Å²) in [6.45, 7) is 1.52. The zero-order valence-corrected chi connectivity index (χ0v) is 15.1. The molecule has 1 aromatic carbocycles. The van der Waals surface area contributed by atoms with E-state index < -0.39 is 16.9 Å². The fraction of sp³-hybridized carbons (Fsp3) is 0.450. The summed E-state index contributed by atoms with van der Waals surface area (Å²) < 4.78 is 0. The lowest BCUT2D eigenvalue weighted by atomic mass is 9.63. The molecule has 144 valence electrons. The van der Waals surface area contributed by atoms with E-state index in [0.29, 0.717) is 11.8 Å². The predicted octanol–water partition coefficient (Wildman–Crippen LogP) is 1.97. The first-order chi connectivity index (χ1) is 13.4. The minimum absolute atomic E-state index is 0.105. The number of carbonyl (C=O) groups is 3. The van der Waals surface area contributed by atoms with Crippen molar-refractivity contribution in [3.63, 3.8) is 0 Å². The number of nitro groups is 1. The Morgan fingerprint density at radius 3 is 2.36 bits per heavy atom. The molecule has 1 heterocycles. The van der Waals surface area contributed by atoms with Gasteiger partial charge < -0.3 is 5.32 Å². The number of likely N-dealkylation sites (tertiary alicyclic amines) is 1. The van der Waals surface area contributed by atoms with Crippen molar-refractivity contribution in [2.24, 2.45) is 35.5 Å². The second-order valence-electron chi connectivity index (χ2n) is 8.17. The van der Waals surface area contributed by atoms with Crippen LogP contribution in [0, 0.1) is 45.6 Å². The normalized spacial score (nSPS) is 35.4. The van der Waals surface area contributed by atoms with Crippen molar-refractivity contribution in [1.29, 1.82) is 0 Å². The number of nitrogens with zero attached hydrogens (tertiary/aromatic N) is 2. The Morgan fingerprint density at radius 2 is 1.79 bits per heavy atom. The summed E-state index contributed by atoms with van der Waals surface area (Å²) >= 11 is 0. The second kappa shape index (κ2) is 5.73. The van der Waals surface area contributed by atoms with Crippen LogP contribution in [0.3, 0.4) is 0 Å². The van der Waals surface area contributed by atoms with Gasteiger partial charge in [0.25, 0.3) is 5.69 Å². The molecular formula is C20H19N3O5. The van der Waals surface area contributed by atoms with Crippen LogP contribution in [0.4, 0.5) is 11.4 Å². The SMILES string of the molecule is C[C@@H](C(=O)Nc1cccc([N+](=O)[O-])c1)N1C(=O)[C@@H]2[C@@H]3C=C[C@@H]([C@H]4C[C@@H]34)[C@@H]2C1=O. The number of benzene rings is 1. The van der Waals surface area contributed by atoms with Crippen molar-refractivity contribution in [2.45, 2.75) is 19.4 Å². The highest BCUT2D eigenvalue weighted by molar-refractivity contribution is 6.10. The number of hydrogen-bond donors (Lipinski definition) is 1. The molecule has 8 nitrogen and oxygen atoms in total. The molecule has 8 heteroatoms. The van der Waals surface area contributed by atoms with Crippen molar-refractivity contribution in [2.75, 3.05) is 5.32 Å². The van der Waals surface area contributed by atoms with Crippen molar-refractivity contribution in [1.82, 2.24) is 4.90 Å². The van der Waals surface area contributed by atoms with Gasteiger partial charge in [-0.15, -0.1) is 0 Å². The number of carbonyl (C=O) groups excluding carboxylic acids is 3. The van der Waals surface area contributed by atoms with Crippen LogP contribution >= 0.6 is 0 Å². The molecule has 1 aliphatic heterocycles. The van der Waals surface area contributed by atoms with Gasteiger partial charge in [0.2, 0.25) is 17.7 Å². The van der Waals surface area contributed by atoms with Gasteiger partial charge in [0.15, 0.2) is 0 Å². The van der Waals surface area contributed by atoms with Gasteiger partial charge in [0, 0.05) is 17.8 Å². The summed E-state index contributed by atoms with van der Waals surface area (Å²) in [4.78, 5) is 50.2. The molecule has 3 amide bonds. The quantitative estimate of drug-likeness (QED) is 0.371. The molecule has 0 radical (unpaired) electrons. The van der Waals surface area contributed by atoms with Crippen LogP contribution in [0.1, 0.15) is 13.3 Å². The number of hydrogen-bond acceptors (Lipinski definition) is 5. The van der Waals surface area contributed by atoms with E-state index in [-0.39, 0.29) is 46.9 Å². The Labute approximate surface area is 160 Å². The highest BCUT2D eigenvalue weighted by Crippen LogP contribution is 2.65. The maximum Gasteiger partial charge on any atom is 0.271 e. The van der Waals surface area contributed by atoms with Gasteiger partial charge in [0.1, 0.15) is 6.04 Å². The van der Waals surface area contributed by atoms with E-state index in [2.05, 4.69) is 17.5 Å². The number of non-ortho nitro benzene ring substituents is 1. The third-order valence-electron chi connectivity index (χ3n) is 6.79. The topological polar surface area (TPSA) is 110 Å². The number of allylic oxidation sites excluding steroid dienone is 2. The largest absolute Gasteiger partial charge is 0.324 e. The van der Waals surface area contributed by atoms with Crippen LogP contribution in [-0.2, 0) is 14.4 Å². The highest BCUT2D eigenvalue weighted by Gasteiger charge is 2.67. The van der Waals surface area contributed by atoms with E-state index in [1.807, 2.05) is 0 Å². The monoisotopic (exact) mass is 381 g/mol. The standard InChI is InChI=1S/C20H19N3O5/c1-9(18(24)21-10-3-2-4-11(7-10)23(27)28)22-19(25)16-12-5-6-13(15-8-14(12)15)17(16)20(22)26/h2-7,9,12-17H,8H2,1H3,(H,21,24)/t9-,12-,13+,14+,15-,16-,17+/m0/s1. The first-order valence-corrected chi connectivity index (χ1v) is 9.49. The summed E-state index contributed by atoms with van der Waals surface area (Å²) in [6, 6.07) is 4.60. The van der Waals surface area contributed by atoms with Crippen LogP contribution in [0.25, 0.3) is 0 Å². The number of nitro benzene ring substituents is 1. The molecule has 2 saturated carbocycles. The molecule has 0 spiro atoms. The maximum atomic E-state index is 13.0. The van der Waals surface area contributed by atoms with E-state index in [4.69, 9.17) is 0 Å². The Balaban J connectivity index is 1.36. The van der Waals surface area contributed by atoms with Gasteiger partial charge in [0.05, 0.1) is 16.8 Å². The highest BCUT2D eigenvalue weighted by atomic mass is 16.6. The van der Waals surface area contributed by atoms with Gasteiger partial charge in [-0.25, -0.2) is 0 Å². The zero-order chi connectivity index (χ0) is 19.7. The lowest BCUT2D eigenvalue weighted by Gasteiger charge is -2.37. The summed E-state index contributed by atoms with van der Waals surface area (Å²) in [5.41, 5.74) is 0.109. The van der Waals surface area contributed by atoms with Crippen molar-refractivity contribution >= 4 is 29.1 Å². The zero-order valence-electron chi connectivity index (χ0n) is 15.1. The first-order valence-electron chi connectivity index (χ1n) is 9.49. The molecule has 3 fully saturated rings. The third-order valence-corrected chi connectivity index (χ3v) is 6.79. The molecule has 6 rings (SSSR count). The number of nitrogens with one attached hydrogen (secondary N) is 1. The Morgan fingerprint density at radius 1 is 1.18 bits per heavy atom. The van der Waals surface area contributed by atoms with E-state index in [0.717, 1.165) is 11.3 Å². The average Bonchev–Trinajstić information content (AvgIpc) is 3.45. The fourth-order valence-corrected chi connectivity index (χ4v) is 5.42. The van der Waals surface area contributed by atoms with E-state index in [1.165, 1.54) is 31.2 Å². The number of imide groups is 1. The molecule has 0 aromatic heterocycles. The molecule has 1 N–H and O–H groups in total. The lowest BCUT2D eigenvalue weighted by molar-refractivity contribution is -0.384. The van der Waals surface area contributed by atoms with Crippen LogP contribution in [0.15, 0.2) is 36.4 Å². The average molecular weight is 381 g/mol. The number of amides is 3. The van der Waals surface area contributed by atoms with Gasteiger partial charge >= 0.3 is 0 Å². The van der Waals surface area contributed by atoms with E-state index >= 15 is 0 Å². The van der Waals surface area contributed by atoms with E-state index in [1.54, 1.807) is 0 Å². The van der Waals surface area contributed by atoms with Gasteiger partial charge in [-0.3, -0.25) is 29.4 Å². The molecule has 7 atom stereocenters. The molecule has 1 saturated heterocycles. The second-order valence-corrected chi connectivity index (χ2v) is 8.17. The Hall–Kier alpha value is -3.03. The van der Waals surface area contributed by atoms with Crippen LogP contribution in [0.2, 0.25) is 0 Å². The Bertz CT molecular complexity index is 921. The molecule has 1 aromatic rings. The van der Waals surface area contributed by atoms with Gasteiger partial charge in [-0.05, 0) is 43.1 Å². The first kappa shape index (κ1) is 17.1. The molecule has 4 aliphatic carbocycles. The molecule has 0 unspecified atom stereocenters. The molecule has 2 bridgehead atoms. The van der Waals surface area contributed by atoms with Crippen LogP contribution < -0.4 is 5.32 Å². The van der Waals surface area contributed by atoms with Crippen molar-refractivity contribution < 1.29 is 19.3 Å². The van der Waals surface area contributed by atoms with Gasteiger partial charge in [-0.1, -0.05) is 18.2 Å². The van der Waals surface area contributed by atoms with Crippen LogP contribution in [-0.4, -0.2) is 33.6 Å². The predicted molar refractivity (Wildman–Crippen MR) is 97.7 cm³/mol. The number of rotatable bonds is 4. The lowest BCUT2D eigenvalue weighted by Crippen LogP contribution is -2.46. The fourth-order valence-electron chi connectivity index (χ4n) is 5.42. The van der Waals surface area contributed by atoms with Gasteiger partial charge in [-0.2, -0.15) is 0 Å². The summed E-state index contributed by atoms with van der Waals surface area (Å²) in [5, 5.41) is 13.5. The minimum atomic E-state index is -0.972. The summed E-state index contributed by atoms with van der Waals surface area (Å²) in [7, 11) is 0. The molecule has 5 aliphatic rings. The van der Waals surface area contributed by atoms with E-state index in [9.17, 15) is 24.5 Å². The smallest absolute Gasteiger partial charge is 0.271 e.